The van der Waals surface area contributed by atoms with E-state index in [1.165, 1.54) is 23.5 Å². The molecule has 0 bridgehead atoms. The van der Waals surface area contributed by atoms with E-state index in [4.69, 9.17) is 16.3 Å². The highest BCUT2D eigenvalue weighted by Gasteiger charge is 2.27. The van der Waals surface area contributed by atoms with Gasteiger partial charge in [-0.2, -0.15) is 0 Å². The van der Waals surface area contributed by atoms with Crippen LogP contribution in [-0.2, 0) is 11.2 Å². The topological polar surface area (TPSA) is 67.7 Å². The second kappa shape index (κ2) is 6.49. The number of hydrogen-bond donors (Lipinski definition) is 0. The number of amides is 1. The van der Waals surface area contributed by atoms with Crippen molar-refractivity contribution >= 4 is 23.9 Å². The summed E-state index contributed by atoms with van der Waals surface area (Å²) in [4.78, 5) is 25.4. The van der Waals surface area contributed by atoms with Gasteiger partial charge in [0.05, 0.1) is 5.69 Å². The lowest BCUT2D eigenvalue weighted by molar-refractivity contribution is 0.0269. The maximum absolute atomic E-state index is 12.1. The summed E-state index contributed by atoms with van der Waals surface area (Å²) in [5, 5.41) is 0.310. The summed E-state index contributed by atoms with van der Waals surface area (Å²) in [5.41, 5.74) is -0.187. The summed E-state index contributed by atoms with van der Waals surface area (Å²) >= 11 is 5.97. The molecule has 1 aromatic heterocycles. The first kappa shape index (κ1) is 15.2. The first-order chi connectivity index (χ1) is 9.98. The van der Waals surface area contributed by atoms with Crippen LogP contribution in [0.25, 0.3) is 0 Å². The number of halogens is 1. The van der Waals surface area contributed by atoms with Crippen LogP contribution in [0.3, 0.4) is 0 Å². The van der Waals surface area contributed by atoms with Crippen LogP contribution in [0.5, 0.6) is 0 Å². The molecule has 110 valence electrons. The molecule has 1 aliphatic rings. The molecule has 2 heterocycles. The molecular weight excluding hydrogens is 292 g/mol. The number of ether oxygens (including phenoxy) is 1. The van der Waals surface area contributed by atoms with Gasteiger partial charge < -0.3 is 4.74 Å². The van der Waals surface area contributed by atoms with Gasteiger partial charge in [-0.1, -0.05) is 11.6 Å². The Morgan fingerprint density at radius 1 is 1.33 bits per heavy atom. The molecule has 1 amide bonds. The summed E-state index contributed by atoms with van der Waals surface area (Å²) in [6.45, 7) is 3.58. The van der Waals surface area contributed by atoms with Crippen LogP contribution in [0.15, 0.2) is 42.1 Å². The zero-order valence-electron chi connectivity index (χ0n) is 11.7. The molecule has 21 heavy (non-hydrogen) atoms. The second-order valence-corrected chi connectivity index (χ2v) is 5.30. The van der Waals surface area contributed by atoms with Crippen molar-refractivity contribution < 1.29 is 9.53 Å². The number of rotatable bonds is 3. The van der Waals surface area contributed by atoms with Gasteiger partial charge in [-0.15, -0.1) is 0 Å². The predicted molar refractivity (Wildman–Crippen MR) is 79.9 cm³/mol. The van der Waals surface area contributed by atoms with Crippen LogP contribution in [0.2, 0.25) is 5.15 Å². The molecule has 0 N–H and O–H groups in total. The summed E-state index contributed by atoms with van der Waals surface area (Å²) in [6, 6.07) is 0. The largest absolute Gasteiger partial charge is 0.442 e. The van der Waals surface area contributed by atoms with Crippen LogP contribution in [0.4, 0.5) is 4.79 Å². The van der Waals surface area contributed by atoms with Crippen LogP contribution >= 0.6 is 11.6 Å². The van der Waals surface area contributed by atoms with Crippen molar-refractivity contribution in [3.63, 3.8) is 0 Å². The van der Waals surface area contributed by atoms with Crippen molar-refractivity contribution in [2.75, 3.05) is 0 Å². The van der Waals surface area contributed by atoms with Crippen molar-refractivity contribution in [1.82, 2.24) is 14.9 Å². The predicted octanol–water partition coefficient (Wildman–Crippen LogP) is 2.96. The minimum absolute atomic E-state index is 0.310. The fraction of sp³-hybridized carbons (Fsp3) is 0.286. The van der Waals surface area contributed by atoms with Crippen LogP contribution in [0.1, 0.15) is 19.5 Å². The van der Waals surface area contributed by atoms with Gasteiger partial charge in [0, 0.05) is 43.6 Å². The summed E-state index contributed by atoms with van der Waals surface area (Å²) in [5.74, 6) is 0. The lowest BCUT2D eigenvalue weighted by Crippen LogP contribution is -2.35. The minimum atomic E-state index is -0.772. The minimum Gasteiger partial charge on any atom is -0.442 e. The lowest BCUT2D eigenvalue weighted by Gasteiger charge is -2.27. The SMILES string of the molecule is CC(C)(Cc1nccnc1Cl)OC(=O)N1C=CC=NC=C1. The van der Waals surface area contributed by atoms with Crippen molar-refractivity contribution in [3.05, 3.63) is 47.9 Å². The van der Waals surface area contributed by atoms with Crippen LogP contribution < -0.4 is 0 Å². The average Bonchev–Trinajstić information content (AvgIpc) is 2.69. The molecule has 7 heteroatoms. The van der Waals surface area contributed by atoms with Gasteiger partial charge in [-0.05, 0) is 19.9 Å². The average molecular weight is 307 g/mol. The van der Waals surface area contributed by atoms with Gasteiger partial charge in [0.2, 0.25) is 0 Å². The first-order valence-corrected chi connectivity index (χ1v) is 6.69. The highest BCUT2D eigenvalue weighted by molar-refractivity contribution is 6.29. The van der Waals surface area contributed by atoms with Gasteiger partial charge in [0.15, 0.2) is 5.15 Å². The molecular formula is C14H15ClN4O2. The number of carbonyl (C=O) groups excluding carboxylic acids is 1. The normalized spacial score (nSPS) is 14.1. The van der Waals surface area contributed by atoms with Gasteiger partial charge in [-0.3, -0.25) is 14.9 Å². The Kier molecular flexibility index (Phi) is 4.70. The molecule has 0 aromatic carbocycles. The number of aromatic nitrogens is 2. The van der Waals surface area contributed by atoms with E-state index < -0.39 is 11.7 Å². The lowest BCUT2D eigenvalue weighted by atomic mass is 10.0. The second-order valence-electron chi connectivity index (χ2n) is 4.94. The van der Waals surface area contributed by atoms with Crippen molar-refractivity contribution in [2.45, 2.75) is 25.9 Å². The quantitative estimate of drug-likeness (QED) is 0.861. The molecule has 2 rings (SSSR count). The Labute approximate surface area is 127 Å². The zero-order chi connectivity index (χ0) is 15.3. The molecule has 1 aromatic rings. The maximum atomic E-state index is 12.1. The van der Waals surface area contributed by atoms with Crippen molar-refractivity contribution in [2.24, 2.45) is 4.99 Å². The third-order valence-corrected chi connectivity index (χ3v) is 2.94. The Bertz CT molecular complexity index is 595. The highest BCUT2D eigenvalue weighted by atomic mass is 35.5. The Balaban J connectivity index is 2.03. The van der Waals surface area contributed by atoms with E-state index in [1.807, 2.05) is 0 Å². The molecule has 0 unspecified atom stereocenters. The molecule has 0 radical (unpaired) electrons. The van der Waals surface area contributed by atoms with E-state index in [0.717, 1.165) is 0 Å². The first-order valence-electron chi connectivity index (χ1n) is 6.31. The Morgan fingerprint density at radius 3 is 2.86 bits per heavy atom. The number of allylic oxidation sites excluding steroid dienone is 1. The number of hydrogen-bond acceptors (Lipinski definition) is 5. The molecule has 0 saturated heterocycles. The molecule has 1 aliphatic heterocycles. The van der Waals surface area contributed by atoms with Gasteiger partial charge >= 0.3 is 6.09 Å². The molecule has 0 saturated carbocycles. The van der Waals surface area contributed by atoms with Crippen molar-refractivity contribution in [1.29, 1.82) is 0 Å². The fourth-order valence-corrected chi connectivity index (χ4v) is 1.88. The highest BCUT2D eigenvalue weighted by Crippen LogP contribution is 2.21. The number of carbonyl (C=O) groups is 1. The zero-order valence-corrected chi connectivity index (χ0v) is 12.5. The van der Waals surface area contributed by atoms with Gasteiger partial charge in [-0.25, -0.2) is 9.78 Å². The molecule has 6 nitrogen and oxygen atoms in total. The third kappa shape index (κ3) is 4.39. The summed E-state index contributed by atoms with van der Waals surface area (Å²) in [7, 11) is 0. The van der Waals surface area contributed by atoms with Gasteiger partial charge in [0.1, 0.15) is 5.60 Å². The van der Waals surface area contributed by atoms with E-state index in [-0.39, 0.29) is 0 Å². The number of aliphatic imine (C=N–C) groups is 1. The standard InChI is InChI=1S/C14H15ClN4O2/c1-14(2,10-11-12(15)18-6-5-17-11)21-13(20)19-8-3-4-16-7-9-19/h3-9H,10H2,1-2H3. The van der Waals surface area contributed by atoms with Gasteiger partial charge in [0.25, 0.3) is 0 Å². The van der Waals surface area contributed by atoms with E-state index in [0.29, 0.717) is 17.3 Å². The fourth-order valence-electron chi connectivity index (χ4n) is 1.71. The number of nitrogens with zero attached hydrogens (tertiary/aromatic N) is 4. The van der Waals surface area contributed by atoms with E-state index in [2.05, 4.69) is 15.0 Å². The molecule has 0 aliphatic carbocycles. The monoisotopic (exact) mass is 306 g/mol. The van der Waals surface area contributed by atoms with Crippen molar-refractivity contribution in [3.8, 4) is 0 Å². The van der Waals surface area contributed by atoms with Crippen LogP contribution in [-0.4, -0.2) is 32.8 Å². The Morgan fingerprint density at radius 2 is 2.10 bits per heavy atom. The van der Waals surface area contributed by atoms with E-state index >= 15 is 0 Å². The molecule has 0 fully saturated rings. The van der Waals surface area contributed by atoms with E-state index in [9.17, 15) is 4.79 Å². The third-order valence-electron chi connectivity index (χ3n) is 2.62. The molecule has 0 spiro atoms. The Hall–Kier alpha value is -2.21. The summed E-state index contributed by atoms with van der Waals surface area (Å²) in [6.07, 6.45) is 10.8. The van der Waals surface area contributed by atoms with E-state index in [1.54, 1.807) is 38.5 Å². The smallest absolute Gasteiger partial charge is 0.418 e. The van der Waals surface area contributed by atoms with Crippen LogP contribution in [0, 0.1) is 0 Å². The summed E-state index contributed by atoms with van der Waals surface area (Å²) < 4.78 is 5.49. The molecule has 0 atom stereocenters. The maximum Gasteiger partial charge on any atom is 0.418 e.